The van der Waals surface area contributed by atoms with E-state index in [0.717, 1.165) is 55.2 Å². The van der Waals surface area contributed by atoms with Gasteiger partial charge in [0.05, 0.1) is 11.4 Å². The summed E-state index contributed by atoms with van der Waals surface area (Å²) in [6, 6.07) is 40.6. The minimum absolute atomic E-state index is 0.701. The van der Waals surface area contributed by atoms with Crippen molar-refractivity contribution in [1.82, 2.24) is 0 Å². The van der Waals surface area contributed by atoms with E-state index in [1.807, 2.05) is 61.0 Å². The topological polar surface area (TPSA) is 24.7 Å². The summed E-state index contributed by atoms with van der Waals surface area (Å²) in [7, 11) is 0. The van der Waals surface area contributed by atoms with Crippen LogP contribution in [0.4, 0.5) is 11.4 Å². The van der Waals surface area contributed by atoms with Gasteiger partial charge in [0.1, 0.15) is 0 Å². The molecule has 2 nitrogen and oxygen atoms in total. The SMILES string of the molecule is Clc1ccc(/C=N\c2ccc3ccccc3c2-c2c(/N=C/c3ccc(Cl)cc3)ccc3ccccc23)cc1. The molecule has 0 heterocycles. The van der Waals surface area contributed by atoms with Crippen LogP contribution >= 0.6 is 23.2 Å². The van der Waals surface area contributed by atoms with E-state index in [1.165, 1.54) is 0 Å². The van der Waals surface area contributed by atoms with Gasteiger partial charge in [0.25, 0.3) is 0 Å². The Kier molecular flexibility index (Phi) is 6.75. The van der Waals surface area contributed by atoms with Crippen molar-refractivity contribution in [3.63, 3.8) is 0 Å². The number of rotatable bonds is 5. The number of fused-ring (bicyclic) bond motifs is 2. The molecule has 38 heavy (non-hydrogen) atoms. The molecule has 0 aliphatic rings. The van der Waals surface area contributed by atoms with Crippen LogP contribution in [-0.2, 0) is 0 Å². The molecule has 6 aromatic carbocycles. The van der Waals surface area contributed by atoms with Crippen LogP contribution < -0.4 is 0 Å². The normalized spacial score (nSPS) is 11.7. The molecule has 0 atom stereocenters. The Labute approximate surface area is 231 Å². The lowest BCUT2D eigenvalue weighted by Gasteiger charge is -2.16. The molecule has 0 fully saturated rings. The van der Waals surface area contributed by atoms with Crippen LogP contribution in [0.1, 0.15) is 11.1 Å². The maximum Gasteiger partial charge on any atom is 0.0715 e. The summed E-state index contributed by atoms with van der Waals surface area (Å²) in [6.07, 6.45) is 3.76. The van der Waals surface area contributed by atoms with E-state index in [1.54, 1.807) is 0 Å². The average Bonchev–Trinajstić information content (AvgIpc) is 2.96. The van der Waals surface area contributed by atoms with Gasteiger partial charge in [0.15, 0.2) is 0 Å². The predicted molar refractivity (Wildman–Crippen MR) is 164 cm³/mol. The molecular formula is C34H22Cl2N2. The van der Waals surface area contributed by atoms with Gasteiger partial charge in [-0.3, -0.25) is 9.98 Å². The van der Waals surface area contributed by atoms with Gasteiger partial charge in [-0.05, 0) is 69.1 Å². The zero-order chi connectivity index (χ0) is 25.9. The van der Waals surface area contributed by atoms with Crippen LogP contribution in [0.2, 0.25) is 10.0 Å². The van der Waals surface area contributed by atoms with Crippen molar-refractivity contribution in [1.29, 1.82) is 0 Å². The third-order valence-electron chi connectivity index (χ3n) is 6.51. The summed E-state index contributed by atoms with van der Waals surface area (Å²) in [5.74, 6) is 0. The smallest absolute Gasteiger partial charge is 0.0715 e. The van der Waals surface area contributed by atoms with Crippen molar-refractivity contribution in [2.45, 2.75) is 0 Å². The zero-order valence-corrected chi connectivity index (χ0v) is 21.9. The maximum atomic E-state index is 6.09. The molecule has 0 saturated carbocycles. The Morgan fingerprint density at radius 2 is 0.816 bits per heavy atom. The van der Waals surface area contributed by atoms with E-state index in [2.05, 4.69) is 72.8 Å². The molecule has 0 aliphatic carbocycles. The maximum absolute atomic E-state index is 6.09. The molecule has 0 spiro atoms. The molecule has 6 aromatic rings. The van der Waals surface area contributed by atoms with Gasteiger partial charge in [-0.25, -0.2) is 0 Å². The van der Waals surface area contributed by atoms with Gasteiger partial charge >= 0.3 is 0 Å². The Balaban J connectivity index is 1.60. The summed E-state index contributed by atoms with van der Waals surface area (Å²) in [4.78, 5) is 9.95. The number of nitrogens with zero attached hydrogens (tertiary/aromatic N) is 2. The van der Waals surface area contributed by atoms with Gasteiger partial charge in [-0.15, -0.1) is 0 Å². The quantitative estimate of drug-likeness (QED) is 0.199. The van der Waals surface area contributed by atoms with Crippen molar-refractivity contribution in [3.05, 3.63) is 142 Å². The van der Waals surface area contributed by atoms with Crippen molar-refractivity contribution in [2.75, 3.05) is 0 Å². The van der Waals surface area contributed by atoms with Crippen LogP contribution in [0.5, 0.6) is 0 Å². The third-order valence-corrected chi connectivity index (χ3v) is 7.01. The number of hydrogen-bond donors (Lipinski definition) is 0. The van der Waals surface area contributed by atoms with E-state index in [4.69, 9.17) is 33.2 Å². The summed E-state index contributed by atoms with van der Waals surface area (Å²) in [5.41, 5.74) is 5.80. The number of benzene rings is 6. The Morgan fingerprint density at radius 3 is 1.24 bits per heavy atom. The molecule has 0 aliphatic heterocycles. The van der Waals surface area contributed by atoms with Crippen LogP contribution in [0.15, 0.2) is 131 Å². The lowest BCUT2D eigenvalue weighted by Crippen LogP contribution is -1.89. The molecule has 182 valence electrons. The zero-order valence-electron chi connectivity index (χ0n) is 20.4. The second-order valence-electron chi connectivity index (χ2n) is 8.98. The minimum atomic E-state index is 0.701. The highest BCUT2D eigenvalue weighted by Crippen LogP contribution is 2.45. The summed E-state index contributed by atoms with van der Waals surface area (Å²) in [6.45, 7) is 0. The highest BCUT2D eigenvalue weighted by Gasteiger charge is 2.16. The molecule has 0 amide bonds. The second-order valence-corrected chi connectivity index (χ2v) is 9.85. The van der Waals surface area contributed by atoms with Gasteiger partial charge in [0.2, 0.25) is 0 Å². The molecular weight excluding hydrogens is 507 g/mol. The molecule has 0 unspecified atom stereocenters. The van der Waals surface area contributed by atoms with E-state index < -0.39 is 0 Å². The van der Waals surface area contributed by atoms with Crippen LogP contribution in [0, 0.1) is 0 Å². The molecule has 0 radical (unpaired) electrons. The van der Waals surface area contributed by atoms with Crippen molar-refractivity contribution < 1.29 is 0 Å². The van der Waals surface area contributed by atoms with Crippen LogP contribution in [0.3, 0.4) is 0 Å². The first-order valence-electron chi connectivity index (χ1n) is 12.3. The summed E-state index contributed by atoms with van der Waals surface area (Å²) >= 11 is 12.2. The lowest BCUT2D eigenvalue weighted by molar-refractivity contribution is 1.51. The lowest BCUT2D eigenvalue weighted by atomic mass is 9.91. The van der Waals surface area contributed by atoms with Crippen molar-refractivity contribution in [2.24, 2.45) is 9.98 Å². The first-order chi connectivity index (χ1) is 18.7. The van der Waals surface area contributed by atoms with Gasteiger partial charge in [-0.1, -0.05) is 108 Å². The van der Waals surface area contributed by atoms with E-state index in [9.17, 15) is 0 Å². The summed E-state index contributed by atoms with van der Waals surface area (Å²) < 4.78 is 0. The third kappa shape index (κ3) is 4.97. The standard InChI is InChI=1S/C34H22Cl2N2/c35-27-15-9-23(10-16-27)21-37-31-19-13-25-5-1-3-7-29(25)33(31)34-30-8-4-2-6-26(30)14-20-32(34)38-22-24-11-17-28(36)18-12-24/h1-22H/b37-21-,38-22+. The number of halogens is 2. The largest absolute Gasteiger partial charge is 0.256 e. The Bertz CT molecular complexity index is 1680. The van der Waals surface area contributed by atoms with E-state index >= 15 is 0 Å². The fourth-order valence-electron chi connectivity index (χ4n) is 4.65. The fraction of sp³-hybridized carbons (Fsp3) is 0. The minimum Gasteiger partial charge on any atom is -0.256 e. The van der Waals surface area contributed by atoms with E-state index in [-0.39, 0.29) is 0 Å². The average molecular weight is 529 g/mol. The molecule has 0 saturated heterocycles. The predicted octanol–water partition coefficient (Wildman–Crippen LogP) is 10.5. The monoisotopic (exact) mass is 528 g/mol. The van der Waals surface area contributed by atoms with Crippen LogP contribution in [0.25, 0.3) is 32.7 Å². The molecule has 6 rings (SSSR count). The van der Waals surface area contributed by atoms with Gasteiger partial charge in [-0.2, -0.15) is 0 Å². The van der Waals surface area contributed by atoms with Crippen molar-refractivity contribution in [3.8, 4) is 11.1 Å². The molecule has 0 bridgehead atoms. The van der Waals surface area contributed by atoms with Crippen LogP contribution in [-0.4, -0.2) is 12.4 Å². The highest BCUT2D eigenvalue weighted by atomic mass is 35.5. The molecule has 0 aromatic heterocycles. The first kappa shape index (κ1) is 24.1. The Hall–Kier alpha value is -4.24. The molecule has 0 N–H and O–H groups in total. The number of aliphatic imine (C=N–C) groups is 2. The van der Waals surface area contributed by atoms with Crippen molar-refractivity contribution >= 4 is 68.6 Å². The first-order valence-corrected chi connectivity index (χ1v) is 13.0. The number of hydrogen-bond acceptors (Lipinski definition) is 2. The van der Waals surface area contributed by atoms with E-state index in [0.29, 0.717) is 10.0 Å². The van der Waals surface area contributed by atoms with Gasteiger partial charge < -0.3 is 0 Å². The highest BCUT2D eigenvalue weighted by molar-refractivity contribution is 6.31. The Morgan fingerprint density at radius 1 is 0.421 bits per heavy atom. The second kappa shape index (κ2) is 10.6. The van der Waals surface area contributed by atoms with Gasteiger partial charge in [0, 0.05) is 33.6 Å². The fourth-order valence-corrected chi connectivity index (χ4v) is 4.90. The molecule has 4 heteroatoms. The summed E-state index contributed by atoms with van der Waals surface area (Å²) in [5, 5.41) is 5.94.